The van der Waals surface area contributed by atoms with Crippen molar-refractivity contribution in [3.63, 3.8) is 0 Å². The maximum atomic E-state index is 12.3. The Kier molecular flexibility index (Phi) is 4.43. The molecule has 0 aromatic rings. The monoisotopic (exact) mass is 272 g/mol. The van der Waals surface area contributed by atoms with E-state index in [0.717, 1.165) is 43.7 Å². The molecule has 5 heteroatoms. The molecule has 2 fully saturated rings. The molecule has 0 bridgehead atoms. The van der Waals surface area contributed by atoms with Gasteiger partial charge in [0.05, 0.1) is 6.04 Å². The van der Waals surface area contributed by atoms with Gasteiger partial charge in [-0.05, 0) is 37.6 Å². The number of rotatable bonds is 2. The minimum absolute atomic E-state index is 0.0276. The average molecular weight is 272 g/mol. The standard InChI is InChI=1S/C13H24N2O2S/c1-13(2)6-3-7-14-11(13)12(16)15-10-4-8-18(17)9-5-10/h10-11,14H,3-9H2,1-2H3,(H,15,16). The Morgan fingerprint density at radius 2 is 2.00 bits per heavy atom. The Morgan fingerprint density at radius 3 is 2.61 bits per heavy atom. The molecule has 0 aromatic carbocycles. The van der Waals surface area contributed by atoms with Crippen LogP contribution in [0.5, 0.6) is 0 Å². The molecule has 2 heterocycles. The van der Waals surface area contributed by atoms with E-state index in [0.29, 0.717) is 0 Å². The number of carbonyl (C=O) groups excluding carboxylic acids is 1. The summed E-state index contributed by atoms with van der Waals surface area (Å²) in [5.74, 6) is 1.58. The van der Waals surface area contributed by atoms with Crippen molar-refractivity contribution in [2.45, 2.75) is 51.6 Å². The molecular formula is C13H24N2O2S. The number of amides is 1. The van der Waals surface area contributed by atoms with Crippen molar-refractivity contribution in [1.82, 2.24) is 10.6 Å². The highest BCUT2D eigenvalue weighted by Gasteiger charge is 2.37. The second kappa shape index (κ2) is 5.70. The molecule has 2 aliphatic rings. The van der Waals surface area contributed by atoms with Gasteiger partial charge in [0.1, 0.15) is 0 Å². The summed E-state index contributed by atoms with van der Waals surface area (Å²) in [5.41, 5.74) is 0.0276. The van der Waals surface area contributed by atoms with Crippen LogP contribution in [0.2, 0.25) is 0 Å². The van der Waals surface area contributed by atoms with Crippen molar-refractivity contribution in [2.24, 2.45) is 5.41 Å². The van der Waals surface area contributed by atoms with Crippen molar-refractivity contribution >= 4 is 16.7 Å². The largest absolute Gasteiger partial charge is 0.352 e. The van der Waals surface area contributed by atoms with E-state index in [4.69, 9.17) is 0 Å². The van der Waals surface area contributed by atoms with Crippen molar-refractivity contribution in [3.8, 4) is 0 Å². The van der Waals surface area contributed by atoms with Crippen molar-refractivity contribution < 1.29 is 9.00 Å². The van der Waals surface area contributed by atoms with Crippen LogP contribution in [0, 0.1) is 5.41 Å². The molecule has 2 rings (SSSR count). The van der Waals surface area contributed by atoms with Gasteiger partial charge in [-0.25, -0.2) is 0 Å². The third kappa shape index (κ3) is 3.32. The summed E-state index contributed by atoms with van der Waals surface area (Å²) in [6, 6.07) is 0.133. The second-order valence-electron chi connectivity index (χ2n) is 6.11. The number of hydrogen-bond acceptors (Lipinski definition) is 3. The Balaban J connectivity index is 1.89. The van der Waals surface area contributed by atoms with Crippen LogP contribution in [-0.2, 0) is 15.6 Å². The quantitative estimate of drug-likeness (QED) is 0.781. The highest BCUT2D eigenvalue weighted by Crippen LogP contribution is 2.30. The van der Waals surface area contributed by atoms with Crippen LogP contribution in [0.15, 0.2) is 0 Å². The molecule has 1 atom stereocenters. The lowest BCUT2D eigenvalue weighted by atomic mass is 9.77. The minimum Gasteiger partial charge on any atom is -0.352 e. The lowest BCUT2D eigenvalue weighted by Gasteiger charge is -2.39. The third-order valence-electron chi connectivity index (χ3n) is 4.12. The van der Waals surface area contributed by atoms with Gasteiger partial charge in [0, 0.05) is 28.3 Å². The van der Waals surface area contributed by atoms with Gasteiger partial charge >= 0.3 is 0 Å². The zero-order chi connectivity index (χ0) is 13.2. The van der Waals surface area contributed by atoms with Crippen molar-refractivity contribution in [3.05, 3.63) is 0 Å². The molecular weight excluding hydrogens is 248 g/mol. The molecule has 0 aromatic heterocycles. The van der Waals surface area contributed by atoms with Gasteiger partial charge in [-0.3, -0.25) is 9.00 Å². The topological polar surface area (TPSA) is 58.2 Å². The first-order chi connectivity index (χ1) is 8.49. The highest BCUT2D eigenvalue weighted by atomic mass is 32.2. The van der Waals surface area contributed by atoms with Gasteiger partial charge in [0.25, 0.3) is 0 Å². The number of hydrogen-bond donors (Lipinski definition) is 2. The summed E-state index contributed by atoms with van der Waals surface area (Å²) < 4.78 is 11.3. The van der Waals surface area contributed by atoms with E-state index in [1.165, 1.54) is 0 Å². The van der Waals surface area contributed by atoms with Gasteiger partial charge in [-0.1, -0.05) is 13.8 Å². The van der Waals surface area contributed by atoms with E-state index in [1.54, 1.807) is 0 Å². The van der Waals surface area contributed by atoms with E-state index < -0.39 is 10.8 Å². The molecule has 104 valence electrons. The zero-order valence-electron chi connectivity index (χ0n) is 11.3. The fourth-order valence-corrected chi connectivity index (χ4v) is 4.18. The Hall–Kier alpha value is -0.420. The molecule has 1 amide bonds. The summed E-state index contributed by atoms with van der Waals surface area (Å²) >= 11 is 0. The predicted octanol–water partition coefficient (Wildman–Crippen LogP) is 0.792. The van der Waals surface area contributed by atoms with E-state index in [2.05, 4.69) is 24.5 Å². The maximum absolute atomic E-state index is 12.3. The van der Waals surface area contributed by atoms with Gasteiger partial charge in [0.2, 0.25) is 5.91 Å². The van der Waals surface area contributed by atoms with Crippen LogP contribution in [0.25, 0.3) is 0 Å². The fraction of sp³-hybridized carbons (Fsp3) is 0.923. The molecule has 1 unspecified atom stereocenters. The highest BCUT2D eigenvalue weighted by molar-refractivity contribution is 7.85. The summed E-state index contributed by atoms with van der Waals surface area (Å²) in [5, 5.41) is 6.46. The predicted molar refractivity (Wildman–Crippen MR) is 73.8 cm³/mol. The van der Waals surface area contributed by atoms with Crippen LogP contribution in [0.3, 0.4) is 0 Å². The smallest absolute Gasteiger partial charge is 0.237 e. The normalized spacial score (nSPS) is 36.0. The molecule has 0 aliphatic carbocycles. The van der Waals surface area contributed by atoms with Crippen LogP contribution in [0.1, 0.15) is 39.5 Å². The fourth-order valence-electron chi connectivity index (χ4n) is 2.88. The molecule has 0 radical (unpaired) electrons. The van der Waals surface area contributed by atoms with Crippen LogP contribution in [-0.4, -0.2) is 40.3 Å². The Morgan fingerprint density at radius 1 is 1.33 bits per heavy atom. The van der Waals surface area contributed by atoms with Crippen molar-refractivity contribution in [2.75, 3.05) is 18.1 Å². The maximum Gasteiger partial charge on any atom is 0.237 e. The lowest BCUT2D eigenvalue weighted by Crippen LogP contribution is -2.57. The van der Waals surface area contributed by atoms with Gasteiger partial charge in [-0.15, -0.1) is 0 Å². The number of nitrogens with one attached hydrogen (secondary N) is 2. The first kappa shape index (κ1) is 14.0. The summed E-state index contributed by atoms with van der Waals surface area (Å²) in [4.78, 5) is 12.3. The molecule has 0 saturated carbocycles. The number of carbonyl (C=O) groups is 1. The Bertz CT molecular complexity index is 334. The summed E-state index contributed by atoms with van der Waals surface area (Å²) in [6.07, 6.45) is 3.93. The minimum atomic E-state index is -0.663. The third-order valence-corrected chi connectivity index (χ3v) is 5.51. The zero-order valence-corrected chi connectivity index (χ0v) is 12.1. The lowest BCUT2D eigenvalue weighted by molar-refractivity contribution is -0.127. The van der Waals surface area contributed by atoms with Crippen LogP contribution >= 0.6 is 0 Å². The van der Waals surface area contributed by atoms with Crippen molar-refractivity contribution in [1.29, 1.82) is 0 Å². The van der Waals surface area contributed by atoms with E-state index in [9.17, 15) is 9.00 Å². The first-order valence-corrected chi connectivity index (χ1v) is 8.36. The second-order valence-corrected chi connectivity index (χ2v) is 7.81. The molecule has 4 nitrogen and oxygen atoms in total. The van der Waals surface area contributed by atoms with Gasteiger partial charge in [0.15, 0.2) is 0 Å². The van der Waals surface area contributed by atoms with E-state index in [-0.39, 0.29) is 23.4 Å². The van der Waals surface area contributed by atoms with E-state index >= 15 is 0 Å². The molecule has 18 heavy (non-hydrogen) atoms. The summed E-state index contributed by atoms with van der Waals surface area (Å²) in [6.45, 7) is 5.23. The molecule has 0 spiro atoms. The van der Waals surface area contributed by atoms with Crippen LogP contribution < -0.4 is 10.6 Å². The van der Waals surface area contributed by atoms with Gasteiger partial charge in [-0.2, -0.15) is 0 Å². The van der Waals surface area contributed by atoms with E-state index in [1.807, 2.05) is 0 Å². The molecule has 2 N–H and O–H groups in total. The summed E-state index contributed by atoms with van der Waals surface area (Å²) in [7, 11) is -0.663. The molecule has 2 aliphatic heterocycles. The Labute approximate surface area is 112 Å². The first-order valence-electron chi connectivity index (χ1n) is 6.88. The van der Waals surface area contributed by atoms with Gasteiger partial charge < -0.3 is 10.6 Å². The van der Waals surface area contributed by atoms with Crippen LogP contribution in [0.4, 0.5) is 0 Å². The molecule has 2 saturated heterocycles. The SMILES string of the molecule is CC1(C)CCCNC1C(=O)NC1CCS(=O)CC1. The number of piperidine rings is 1. The average Bonchev–Trinajstić information content (AvgIpc) is 2.31.